The first-order valence-electron chi connectivity index (χ1n) is 8.73. The van der Waals surface area contributed by atoms with Crippen molar-refractivity contribution in [2.75, 3.05) is 10.6 Å². The lowest BCUT2D eigenvalue weighted by Gasteiger charge is -2.19. The molecule has 2 N–H and O–H groups in total. The molecule has 0 bridgehead atoms. The molecule has 0 aliphatic heterocycles. The van der Waals surface area contributed by atoms with E-state index in [2.05, 4.69) is 96.8 Å². The third kappa shape index (κ3) is 4.17. The van der Waals surface area contributed by atoms with E-state index in [9.17, 15) is 0 Å². The average Bonchev–Trinajstić information content (AvgIpc) is 2.58. The second-order valence-electron chi connectivity index (χ2n) is 7.51. The van der Waals surface area contributed by atoms with Crippen LogP contribution in [0.25, 0.3) is 0 Å². The zero-order chi connectivity index (χ0) is 18.7. The fraction of sp³-hybridized carbons (Fsp3) is 0.286. The zero-order valence-electron chi connectivity index (χ0n) is 16.0. The maximum absolute atomic E-state index is 4.52. The molecule has 3 rings (SSSR count). The predicted molar refractivity (Wildman–Crippen MR) is 107 cm³/mol. The highest BCUT2D eigenvalue weighted by molar-refractivity contribution is 5.64. The molecule has 0 saturated heterocycles. The SMILES string of the molecule is Cc1cccc(C)c1Nc1nncc(Nc2ccc(C(C)(C)C)cc2)n1. The van der Waals surface area contributed by atoms with E-state index in [-0.39, 0.29) is 5.41 Å². The highest BCUT2D eigenvalue weighted by atomic mass is 15.3. The van der Waals surface area contributed by atoms with E-state index in [1.165, 1.54) is 5.56 Å². The Hall–Kier alpha value is -2.95. The number of aromatic nitrogens is 3. The van der Waals surface area contributed by atoms with Gasteiger partial charge in [0.2, 0.25) is 5.95 Å². The topological polar surface area (TPSA) is 62.7 Å². The Balaban J connectivity index is 1.77. The number of benzene rings is 2. The van der Waals surface area contributed by atoms with E-state index in [1.54, 1.807) is 6.20 Å². The number of nitrogens with one attached hydrogen (secondary N) is 2. The maximum atomic E-state index is 4.52. The maximum Gasteiger partial charge on any atom is 0.249 e. The molecule has 0 aliphatic rings. The fourth-order valence-corrected chi connectivity index (χ4v) is 2.74. The minimum atomic E-state index is 0.136. The summed E-state index contributed by atoms with van der Waals surface area (Å²) in [5.41, 5.74) is 5.70. The molecule has 134 valence electrons. The van der Waals surface area contributed by atoms with Crippen molar-refractivity contribution >= 4 is 23.1 Å². The Kier molecular flexibility index (Phi) is 4.89. The minimum absolute atomic E-state index is 0.136. The number of anilines is 4. The Morgan fingerprint density at radius 1 is 0.846 bits per heavy atom. The minimum Gasteiger partial charge on any atom is -0.339 e. The molecule has 0 atom stereocenters. The van der Waals surface area contributed by atoms with E-state index in [1.807, 2.05) is 6.07 Å². The number of hydrogen-bond donors (Lipinski definition) is 2. The Morgan fingerprint density at radius 3 is 2.12 bits per heavy atom. The molecule has 0 fully saturated rings. The van der Waals surface area contributed by atoms with E-state index in [4.69, 9.17) is 0 Å². The van der Waals surface area contributed by atoms with Crippen LogP contribution in [0.1, 0.15) is 37.5 Å². The first kappa shape index (κ1) is 17.9. The summed E-state index contributed by atoms with van der Waals surface area (Å²) in [4.78, 5) is 4.52. The van der Waals surface area contributed by atoms with Gasteiger partial charge >= 0.3 is 0 Å². The highest BCUT2D eigenvalue weighted by Gasteiger charge is 2.13. The zero-order valence-corrected chi connectivity index (χ0v) is 16.0. The molecule has 1 aromatic heterocycles. The van der Waals surface area contributed by atoms with E-state index in [0.29, 0.717) is 11.8 Å². The summed E-state index contributed by atoms with van der Waals surface area (Å²) >= 11 is 0. The summed E-state index contributed by atoms with van der Waals surface area (Å²) in [6.45, 7) is 10.7. The standard InChI is InChI=1S/C21H25N5/c1-14-7-6-8-15(2)19(14)25-20-24-18(13-22-26-20)23-17-11-9-16(10-12-17)21(3,4)5/h6-13H,1-5H3,(H2,23,24,25,26). The molecule has 0 amide bonds. The summed E-state index contributed by atoms with van der Waals surface area (Å²) in [6, 6.07) is 14.5. The van der Waals surface area contributed by atoms with Crippen molar-refractivity contribution in [3.05, 3.63) is 65.4 Å². The van der Waals surface area contributed by atoms with Gasteiger partial charge in [0.1, 0.15) is 0 Å². The number of nitrogens with zero attached hydrogens (tertiary/aromatic N) is 3. The van der Waals surface area contributed by atoms with E-state index < -0.39 is 0 Å². The van der Waals surface area contributed by atoms with Crippen LogP contribution in [0, 0.1) is 13.8 Å². The summed E-state index contributed by atoms with van der Waals surface area (Å²) in [5, 5.41) is 14.7. The average molecular weight is 347 g/mol. The van der Waals surface area contributed by atoms with Crippen molar-refractivity contribution in [3.8, 4) is 0 Å². The first-order valence-corrected chi connectivity index (χ1v) is 8.73. The molecule has 5 heteroatoms. The van der Waals surface area contributed by atoms with Crippen LogP contribution in [0.15, 0.2) is 48.7 Å². The van der Waals surface area contributed by atoms with Crippen molar-refractivity contribution < 1.29 is 0 Å². The molecular formula is C21H25N5. The quantitative estimate of drug-likeness (QED) is 0.673. The lowest BCUT2D eigenvalue weighted by molar-refractivity contribution is 0.590. The molecule has 2 aromatic carbocycles. The third-order valence-electron chi connectivity index (χ3n) is 4.30. The summed E-state index contributed by atoms with van der Waals surface area (Å²) in [7, 11) is 0. The normalized spacial score (nSPS) is 11.3. The van der Waals surface area contributed by atoms with Crippen LogP contribution in [0.4, 0.5) is 23.1 Å². The molecule has 0 radical (unpaired) electrons. The number of hydrogen-bond acceptors (Lipinski definition) is 5. The fourth-order valence-electron chi connectivity index (χ4n) is 2.74. The van der Waals surface area contributed by atoms with Crippen molar-refractivity contribution in [2.24, 2.45) is 0 Å². The predicted octanol–water partition coefficient (Wildman–Crippen LogP) is 5.27. The van der Waals surface area contributed by atoms with Gasteiger partial charge in [-0.1, -0.05) is 51.1 Å². The molecule has 0 saturated carbocycles. The lowest BCUT2D eigenvalue weighted by Crippen LogP contribution is -2.10. The second kappa shape index (κ2) is 7.12. The van der Waals surface area contributed by atoms with E-state index >= 15 is 0 Å². The Bertz CT molecular complexity index is 875. The smallest absolute Gasteiger partial charge is 0.249 e. The van der Waals surface area contributed by atoms with Gasteiger partial charge in [0, 0.05) is 11.4 Å². The van der Waals surface area contributed by atoms with Gasteiger partial charge in [0.25, 0.3) is 0 Å². The molecule has 0 unspecified atom stereocenters. The molecule has 1 heterocycles. The van der Waals surface area contributed by atoms with Crippen LogP contribution in [-0.4, -0.2) is 15.2 Å². The molecule has 26 heavy (non-hydrogen) atoms. The van der Waals surface area contributed by atoms with Gasteiger partial charge < -0.3 is 10.6 Å². The van der Waals surface area contributed by atoms with Crippen LogP contribution < -0.4 is 10.6 Å². The number of aryl methyl sites for hydroxylation is 2. The van der Waals surface area contributed by atoms with Crippen LogP contribution in [0.5, 0.6) is 0 Å². The second-order valence-corrected chi connectivity index (χ2v) is 7.51. The van der Waals surface area contributed by atoms with Gasteiger partial charge in [-0.15, -0.1) is 5.10 Å². The Labute approximate surface area is 154 Å². The van der Waals surface area contributed by atoms with Crippen LogP contribution in [0.2, 0.25) is 0 Å². The van der Waals surface area contributed by atoms with Crippen molar-refractivity contribution in [1.82, 2.24) is 15.2 Å². The van der Waals surface area contributed by atoms with Crippen LogP contribution >= 0.6 is 0 Å². The number of rotatable bonds is 4. The highest BCUT2D eigenvalue weighted by Crippen LogP contribution is 2.25. The van der Waals surface area contributed by atoms with Crippen LogP contribution in [0.3, 0.4) is 0 Å². The van der Waals surface area contributed by atoms with Crippen molar-refractivity contribution in [3.63, 3.8) is 0 Å². The monoisotopic (exact) mass is 347 g/mol. The van der Waals surface area contributed by atoms with Gasteiger partial charge in [0.05, 0.1) is 6.20 Å². The number of para-hydroxylation sites is 1. The van der Waals surface area contributed by atoms with Crippen molar-refractivity contribution in [1.29, 1.82) is 0 Å². The first-order chi connectivity index (χ1) is 12.3. The molecule has 5 nitrogen and oxygen atoms in total. The van der Waals surface area contributed by atoms with Gasteiger partial charge in [0.15, 0.2) is 5.82 Å². The summed E-state index contributed by atoms with van der Waals surface area (Å²) < 4.78 is 0. The largest absolute Gasteiger partial charge is 0.339 e. The van der Waals surface area contributed by atoms with Gasteiger partial charge in [-0.05, 0) is 48.1 Å². The Morgan fingerprint density at radius 2 is 1.50 bits per heavy atom. The summed E-state index contributed by atoms with van der Waals surface area (Å²) in [6.07, 6.45) is 1.62. The third-order valence-corrected chi connectivity index (χ3v) is 4.30. The molecular weight excluding hydrogens is 322 g/mol. The van der Waals surface area contributed by atoms with E-state index in [0.717, 1.165) is 22.5 Å². The molecule has 0 spiro atoms. The van der Waals surface area contributed by atoms with Crippen LogP contribution in [-0.2, 0) is 5.41 Å². The lowest BCUT2D eigenvalue weighted by atomic mass is 9.87. The molecule has 3 aromatic rings. The van der Waals surface area contributed by atoms with Crippen molar-refractivity contribution in [2.45, 2.75) is 40.0 Å². The van der Waals surface area contributed by atoms with Gasteiger partial charge in [-0.2, -0.15) is 10.1 Å². The summed E-state index contributed by atoms with van der Waals surface area (Å²) in [5.74, 6) is 1.12. The molecule has 0 aliphatic carbocycles. The van der Waals surface area contributed by atoms with Gasteiger partial charge in [-0.25, -0.2) is 0 Å². The van der Waals surface area contributed by atoms with Gasteiger partial charge in [-0.3, -0.25) is 0 Å².